The van der Waals surface area contributed by atoms with E-state index in [1.807, 2.05) is 6.92 Å². The number of nitrogens with zero attached hydrogens (tertiary/aromatic N) is 1. The largest absolute Gasteiger partial charge is 0.350 e. The first kappa shape index (κ1) is 21.2. The lowest BCUT2D eigenvalue weighted by Gasteiger charge is -2.18. The second kappa shape index (κ2) is 9.20. The van der Waals surface area contributed by atoms with Crippen LogP contribution in [0.15, 0.2) is 23.1 Å². The van der Waals surface area contributed by atoms with Gasteiger partial charge in [-0.15, -0.1) is 0 Å². The van der Waals surface area contributed by atoms with E-state index in [1.54, 1.807) is 6.07 Å². The quantitative estimate of drug-likeness (QED) is 0.715. The maximum absolute atomic E-state index is 12.8. The molecule has 1 aliphatic rings. The molecule has 146 valence electrons. The summed E-state index contributed by atoms with van der Waals surface area (Å²) in [6.45, 7) is 7.33. The number of halogens is 1. The van der Waals surface area contributed by atoms with Crippen LogP contribution in [0.1, 0.15) is 63.2 Å². The summed E-state index contributed by atoms with van der Waals surface area (Å²) in [7, 11) is -3.66. The average Bonchev–Trinajstić information content (AvgIpc) is 3.09. The Morgan fingerprint density at radius 2 is 1.85 bits per heavy atom. The van der Waals surface area contributed by atoms with E-state index in [-0.39, 0.29) is 21.9 Å². The lowest BCUT2D eigenvalue weighted by molar-refractivity contribution is 0.0937. The summed E-state index contributed by atoms with van der Waals surface area (Å²) in [4.78, 5) is 12.5. The summed E-state index contributed by atoms with van der Waals surface area (Å²) in [5.41, 5.74) is 0.322. The first-order valence-electron chi connectivity index (χ1n) is 9.32. The first-order valence-corrected chi connectivity index (χ1v) is 11.1. The second-order valence-electron chi connectivity index (χ2n) is 7.46. The van der Waals surface area contributed by atoms with Crippen molar-refractivity contribution in [1.29, 1.82) is 0 Å². The van der Waals surface area contributed by atoms with Crippen LogP contribution < -0.4 is 5.32 Å². The van der Waals surface area contributed by atoms with Crippen LogP contribution in [0, 0.1) is 5.92 Å². The number of amides is 1. The van der Waals surface area contributed by atoms with Crippen molar-refractivity contribution in [3.8, 4) is 0 Å². The molecule has 1 aliphatic heterocycles. The third-order valence-corrected chi connectivity index (χ3v) is 7.05. The minimum Gasteiger partial charge on any atom is -0.350 e. The van der Waals surface area contributed by atoms with Crippen molar-refractivity contribution in [2.75, 3.05) is 13.1 Å². The Hall–Kier alpha value is -1.11. The van der Waals surface area contributed by atoms with Gasteiger partial charge in [0.25, 0.3) is 5.91 Å². The van der Waals surface area contributed by atoms with Gasteiger partial charge < -0.3 is 5.32 Å². The number of nitrogens with one attached hydrogen (secondary N) is 1. The van der Waals surface area contributed by atoms with E-state index in [0.29, 0.717) is 24.6 Å². The second-order valence-corrected chi connectivity index (χ2v) is 9.77. The number of rotatable bonds is 8. The molecule has 1 heterocycles. The van der Waals surface area contributed by atoms with E-state index in [0.717, 1.165) is 32.1 Å². The molecule has 7 heteroatoms. The fourth-order valence-corrected chi connectivity index (χ4v) is 5.14. The van der Waals surface area contributed by atoms with Gasteiger partial charge in [-0.25, -0.2) is 8.42 Å². The van der Waals surface area contributed by atoms with Gasteiger partial charge in [0, 0.05) is 24.7 Å². The predicted octanol–water partition coefficient (Wildman–Crippen LogP) is 4.07. The normalized spacial score (nSPS) is 16.8. The van der Waals surface area contributed by atoms with Gasteiger partial charge >= 0.3 is 0 Å². The summed E-state index contributed by atoms with van der Waals surface area (Å²) in [5.74, 6) is 0.379. The number of carbonyl (C=O) groups is 1. The molecule has 0 bridgehead atoms. The zero-order valence-electron chi connectivity index (χ0n) is 15.8. The third kappa shape index (κ3) is 5.44. The number of benzene rings is 1. The number of sulfonamides is 1. The zero-order valence-corrected chi connectivity index (χ0v) is 17.4. The molecular weight excluding hydrogens is 372 g/mol. The standard InChI is InChI=1S/C19H29ClN2O3S/c1-14(2)7-6-8-15(3)21-19(23)16-9-10-17(20)18(13-16)26(24,25)22-11-4-5-12-22/h9-10,13-15H,4-8,11-12H2,1-3H3,(H,21,23). The molecule has 1 saturated heterocycles. The van der Waals surface area contributed by atoms with Gasteiger partial charge in [0.1, 0.15) is 4.90 Å². The number of hydrogen-bond acceptors (Lipinski definition) is 3. The SMILES string of the molecule is CC(C)CCCC(C)NC(=O)c1ccc(Cl)c(S(=O)(=O)N2CCCC2)c1. The van der Waals surface area contributed by atoms with Crippen LogP contribution >= 0.6 is 11.6 Å². The van der Waals surface area contributed by atoms with Gasteiger partial charge in [0.05, 0.1) is 5.02 Å². The third-order valence-electron chi connectivity index (χ3n) is 4.67. The molecule has 1 atom stereocenters. The molecule has 0 spiro atoms. The van der Waals surface area contributed by atoms with E-state index in [9.17, 15) is 13.2 Å². The van der Waals surface area contributed by atoms with Crippen molar-refractivity contribution < 1.29 is 13.2 Å². The zero-order chi connectivity index (χ0) is 19.3. The number of hydrogen-bond donors (Lipinski definition) is 1. The Balaban J connectivity index is 2.09. The van der Waals surface area contributed by atoms with Crippen LogP contribution in [0.25, 0.3) is 0 Å². The average molecular weight is 401 g/mol. The molecule has 1 N–H and O–H groups in total. The van der Waals surface area contributed by atoms with Gasteiger partial charge in [-0.05, 0) is 50.3 Å². The molecule has 2 rings (SSSR count). The van der Waals surface area contributed by atoms with Gasteiger partial charge in [-0.1, -0.05) is 38.3 Å². The van der Waals surface area contributed by atoms with E-state index in [1.165, 1.54) is 16.4 Å². The lowest BCUT2D eigenvalue weighted by Crippen LogP contribution is -2.33. The van der Waals surface area contributed by atoms with Crippen molar-refractivity contribution in [3.63, 3.8) is 0 Å². The Bertz CT molecular complexity index is 728. The monoisotopic (exact) mass is 400 g/mol. The molecule has 1 aromatic carbocycles. The highest BCUT2D eigenvalue weighted by Crippen LogP contribution is 2.28. The Labute approximate surface area is 162 Å². The Morgan fingerprint density at radius 1 is 1.19 bits per heavy atom. The van der Waals surface area contributed by atoms with Gasteiger partial charge in [-0.3, -0.25) is 4.79 Å². The van der Waals surface area contributed by atoms with Crippen LogP contribution in [0.2, 0.25) is 5.02 Å². The van der Waals surface area contributed by atoms with Crippen LogP contribution in [0.4, 0.5) is 0 Å². The van der Waals surface area contributed by atoms with Crippen molar-refractivity contribution in [1.82, 2.24) is 9.62 Å². The number of carbonyl (C=O) groups excluding carboxylic acids is 1. The summed E-state index contributed by atoms with van der Waals surface area (Å²) < 4.78 is 27.0. The maximum atomic E-state index is 12.8. The minimum absolute atomic E-state index is 0.0150. The lowest BCUT2D eigenvalue weighted by atomic mass is 10.0. The molecule has 0 radical (unpaired) electrons. The maximum Gasteiger partial charge on any atom is 0.251 e. The van der Waals surface area contributed by atoms with Crippen LogP contribution in [-0.2, 0) is 10.0 Å². The van der Waals surface area contributed by atoms with Crippen LogP contribution in [-0.4, -0.2) is 37.8 Å². The van der Waals surface area contributed by atoms with Crippen LogP contribution in [0.5, 0.6) is 0 Å². The van der Waals surface area contributed by atoms with Crippen molar-refractivity contribution in [2.45, 2.75) is 63.8 Å². The van der Waals surface area contributed by atoms with E-state index in [2.05, 4.69) is 19.2 Å². The molecule has 5 nitrogen and oxygen atoms in total. The summed E-state index contributed by atoms with van der Waals surface area (Å²) in [5, 5.41) is 3.10. The van der Waals surface area contributed by atoms with E-state index in [4.69, 9.17) is 11.6 Å². The van der Waals surface area contributed by atoms with Gasteiger partial charge in [0.15, 0.2) is 0 Å². The van der Waals surface area contributed by atoms with Crippen molar-refractivity contribution in [3.05, 3.63) is 28.8 Å². The smallest absolute Gasteiger partial charge is 0.251 e. The first-order chi connectivity index (χ1) is 12.2. The van der Waals surface area contributed by atoms with E-state index >= 15 is 0 Å². The van der Waals surface area contributed by atoms with Crippen molar-refractivity contribution in [2.24, 2.45) is 5.92 Å². The summed E-state index contributed by atoms with van der Waals surface area (Å²) in [6, 6.07) is 4.49. The van der Waals surface area contributed by atoms with Gasteiger partial charge in [0.2, 0.25) is 10.0 Å². The Kier molecular flexibility index (Phi) is 7.50. The highest BCUT2D eigenvalue weighted by molar-refractivity contribution is 7.89. The molecular formula is C19H29ClN2O3S. The highest BCUT2D eigenvalue weighted by Gasteiger charge is 2.29. The fourth-order valence-electron chi connectivity index (χ4n) is 3.12. The minimum atomic E-state index is -3.66. The molecule has 0 saturated carbocycles. The molecule has 0 aliphatic carbocycles. The highest BCUT2D eigenvalue weighted by atomic mass is 35.5. The topological polar surface area (TPSA) is 66.5 Å². The molecule has 0 aromatic heterocycles. The Morgan fingerprint density at radius 3 is 2.46 bits per heavy atom. The molecule has 1 aromatic rings. The van der Waals surface area contributed by atoms with Crippen molar-refractivity contribution >= 4 is 27.5 Å². The molecule has 1 amide bonds. The predicted molar refractivity (Wildman–Crippen MR) is 105 cm³/mol. The van der Waals surface area contributed by atoms with Gasteiger partial charge in [-0.2, -0.15) is 4.31 Å². The fraction of sp³-hybridized carbons (Fsp3) is 0.632. The summed E-state index contributed by atoms with van der Waals surface area (Å²) >= 11 is 6.13. The van der Waals surface area contributed by atoms with Crippen LogP contribution in [0.3, 0.4) is 0 Å². The molecule has 1 fully saturated rings. The molecule has 26 heavy (non-hydrogen) atoms. The van der Waals surface area contributed by atoms with E-state index < -0.39 is 10.0 Å². The molecule has 1 unspecified atom stereocenters. The summed E-state index contributed by atoms with van der Waals surface area (Å²) in [6.07, 6.45) is 4.78.